The van der Waals surface area contributed by atoms with Crippen LogP contribution in [0.5, 0.6) is 0 Å². The standard InChI is InChI=1S/C12H16O2/c1-8(2)10-6-4-5-7-11(10)9(3)12(13)14/h4-9H,1-3H3,(H,13,14). The summed E-state index contributed by atoms with van der Waals surface area (Å²) >= 11 is 0. The molecular formula is C12H16O2. The lowest BCUT2D eigenvalue weighted by atomic mass is 9.90. The van der Waals surface area contributed by atoms with Gasteiger partial charge >= 0.3 is 5.97 Å². The van der Waals surface area contributed by atoms with Crippen LogP contribution in [0.1, 0.15) is 43.7 Å². The Hall–Kier alpha value is -1.31. The van der Waals surface area contributed by atoms with Gasteiger partial charge in [-0.1, -0.05) is 38.1 Å². The summed E-state index contributed by atoms with van der Waals surface area (Å²) in [5, 5.41) is 8.94. The minimum Gasteiger partial charge on any atom is -0.481 e. The van der Waals surface area contributed by atoms with Crippen molar-refractivity contribution < 1.29 is 9.90 Å². The predicted molar refractivity (Wildman–Crippen MR) is 56.6 cm³/mol. The van der Waals surface area contributed by atoms with Crippen molar-refractivity contribution in [3.8, 4) is 0 Å². The topological polar surface area (TPSA) is 37.3 Å². The summed E-state index contributed by atoms with van der Waals surface area (Å²) in [7, 11) is 0. The Kier molecular flexibility index (Phi) is 3.28. The highest BCUT2D eigenvalue weighted by atomic mass is 16.4. The molecule has 1 aromatic carbocycles. The first kappa shape index (κ1) is 10.8. The van der Waals surface area contributed by atoms with Crippen LogP contribution < -0.4 is 0 Å². The van der Waals surface area contributed by atoms with Gasteiger partial charge in [-0.3, -0.25) is 4.79 Å². The highest BCUT2D eigenvalue weighted by molar-refractivity contribution is 5.76. The van der Waals surface area contributed by atoms with Gasteiger partial charge in [0.1, 0.15) is 0 Å². The van der Waals surface area contributed by atoms with Gasteiger partial charge in [-0.2, -0.15) is 0 Å². The normalized spacial score (nSPS) is 12.9. The van der Waals surface area contributed by atoms with Gasteiger partial charge in [0, 0.05) is 0 Å². The third kappa shape index (κ3) is 2.13. The first-order valence-corrected chi connectivity index (χ1v) is 4.85. The third-order valence-electron chi connectivity index (χ3n) is 2.45. The van der Waals surface area contributed by atoms with Gasteiger partial charge in [0.05, 0.1) is 5.92 Å². The fourth-order valence-electron chi connectivity index (χ4n) is 1.56. The minimum atomic E-state index is -0.766. The molecule has 0 saturated carbocycles. The molecule has 14 heavy (non-hydrogen) atoms. The molecule has 0 amide bonds. The van der Waals surface area contributed by atoms with Gasteiger partial charge in [-0.05, 0) is 24.0 Å². The van der Waals surface area contributed by atoms with Crippen LogP contribution in [0.15, 0.2) is 24.3 Å². The van der Waals surface area contributed by atoms with Gasteiger partial charge in [0.2, 0.25) is 0 Å². The van der Waals surface area contributed by atoms with E-state index >= 15 is 0 Å². The summed E-state index contributed by atoms with van der Waals surface area (Å²) in [6.45, 7) is 5.88. The number of hydrogen-bond donors (Lipinski definition) is 1. The van der Waals surface area contributed by atoms with Crippen molar-refractivity contribution in [1.82, 2.24) is 0 Å². The third-order valence-corrected chi connectivity index (χ3v) is 2.45. The quantitative estimate of drug-likeness (QED) is 0.799. The van der Waals surface area contributed by atoms with Crippen LogP contribution in [0.4, 0.5) is 0 Å². The van der Waals surface area contributed by atoms with E-state index in [1.807, 2.05) is 24.3 Å². The van der Waals surface area contributed by atoms with E-state index in [1.54, 1.807) is 6.92 Å². The van der Waals surface area contributed by atoms with Crippen LogP contribution in [-0.4, -0.2) is 11.1 Å². The number of carboxylic acid groups (broad SMARTS) is 1. The van der Waals surface area contributed by atoms with Crippen molar-refractivity contribution >= 4 is 5.97 Å². The summed E-state index contributed by atoms with van der Waals surface area (Å²) in [6, 6.07) is 7.74. The average molecular weight is 192 g/mol. The molecule has 76 valence electrons. The average Bonchev–Trinajstić information content (AvgIpc) is 2.16. The number of carboxylic acids is 1. The van der Waals surface area contributed by atoms with Crippen LogP contribution in [-0.2, 0) is 4.79 Å². The lowest BCUT2D eigenvalue weighted by Gasteiger charge is -2.15. The van der Waals surface area contributed by atoms with Gasteiger partial charge in [0.25, 0.3) is 0 Å². The van der Waals surface area contributed by atoms with Gasteiger partial charge in [0.15, 0.2) is 0 Å². The van der Waals surface area contributed by atoms with Crippen molar-refractivity contribution in [3.63, 3.8) is 0 Å². The van der Waals surface area contributed by atoms with Crippen molar-refractivity contribution in [1.29, 1.82) is 0 Å². The van der Waals surface area contributed by atoms with Crippen molar-refractivity contribution in [2.75, 3.05) is 0 Å². The summed E-state index contributed by atoms with van der Waals surface area (Å²) in [6.07, 6.45) is 0. The lowest BCUT2D eigenvalue weighted by Crippen LogP contribution is -2.10. The summed E-state index contributed by atoms with van der Waals surface area (Å²) in [5.41, 5.74) is 2.05. The lowest BCUT2D eigenvalue weighted by molar-refractivity contribution is -0.138. The second-order valence-electron chi connectivity index (χ2n) is 3.84. The molecule has 1 aromatic rings. The zero-order valence-corrected chi connectivity index (χ0v) is 8.82. The van der Waals surface area contributed by atoms with E-state index in [1.165, 1.54) is 0 Å². The van der Waals surface area contributed by atoms with Crippen LogP contribution in [0, 0.1) is 0 Å². The van der Waals surface area contributed by atoms with E-state index in [4.69, 9.17) is 5.11 Å². The Bertz CT molecular complexity index is 329. The highest BCUT2D eigenvalue weighted by Crippen LogP contribution is 2.25. The Morgan fingerprint density at radius 1 is 1.14 bits per heavy atom. The zero-order chi connectivity index (χ0) is 10.7. The van der Waals surface area contributed by atoms with Crippen molar-refractivity contribution in [2.24, 2.45) is 0 Å². The summed E-state index contributed by atoms with van der Waals surface area (Å²) in [4.78, 5) is 10.9. The molecule has 2 heteroatoms. The Morgan fingerprint density at radius 2 is 1.64 bits per heavy atom. The SMILES string of the molecule is CC(C)c1ccccc1C(C)C(=O)O. The monoisotopic (exact) mass is 192 g/mol. The number of aliphatic carboxylic acids is 1. The highest BCUT2D eigenvalue weighted by Gasteiger charge is 2.17. The number of rotatable bonds is 3. The van der Waals surface area contributed by atoms with E-state index in [2.05, 4.69) is 13.8 Å². The van der Waals surface area contributed by atoms with E-state index in [-0.39, 0.29) is 0 Å². The number of benzene rings is 1. The molecule has 0 aliphatic carbocycles. The minimum absolute atomic E-state index is 0.369. The molecule has 1 atom stereocenters. The second-order valence-corrected chi connectivity index (χ2v) is 3.84. The van der Waals surface area contributed by atoms with Crippen LogP contribution in [0.3, 0.4) is 0 Å². The summed E-state index contributed by atoms with van der Waals surface area (Å²) < 4.78 is 0. The molecule has 0 heterocycles. The molecule has 1 unspecified atom stereocenters. The van der Waals surface area contributed by atoms with E-state index < -0.39 is 11.9 Å². The molecule has 0 aromatic heterocycles. The fraction of sp³-hybridized carbons (Fsp3) is 0.417. The smallest absolute Gasteiger partial charge is 0.310 e. The molecule has 1 rings (SSSR count). The molecular weight excluding hydrogens is 176 g/mol. The van der Waals surface area contributed by atoms with Crippen LogP contribution in [0.25, 0.3) is 0 Å². The molecule has 2 nitrogen and oxygen atoms in total. The molecule has 0 bridgehead atoms. The first-order valence-electron chi connectivity index (χ1n) is 4.85. The zero-order valence-electron chi connectivity index (χ0n) is 8.82. The van der Waals surface area contributed by atoms with Crippen molar-refractivity contribution in [3.05, 3.63) is 35.4 Å². The van der Waals surface area contributed by atoms with Gasteiger partial charge in [-0.15, -0.1) is 0 Å². The largest absolute Gasteiger partial charge is 0.481 e. The number of carbonyl (C=O) groups is 1. The Labute approximate surface area is 84.6 Å². The molecule has 0 aliphatic heterocycles. The Morgan fingerprint density at radius 3 is 2.07 bits per heavy atom. The van der Waals surface area contributed by atoms with E-state index in [0.717, 1.165) is 11.1 Å². The maximum atomic E-state index is 10.9. The summed E-state index contributed by atoms with van der Waals surface area (Å²) in [5.74, 6) is -0.820. The molecule has 0 radical (unpaired) electrons. The van der Waals surface area contributed by atoms with Crippen LogP contribution in [0.2, 0.25) is 0 Å². The van der Waals surface area contributed by atoms with Gasteiger partial charge < -0.3 is 5.11 Å². The molecule has 0 spiro atoms. The Balaban J connectivity index is 3.13. The fourth-order valence-corrected chi connectivity index (χ4v) is 1.56. The maximum absolute atomic E-state index is 10.9. The van der Waals surface area contributed by atoms with Crippen LogP contribution >= 0.6 is 0 Å². The number of hydrogen-bond acceptors (Lipinski definition) is 1. The van der Waals surface area contributed by atoms with Gasteiger partial charge in [-0.25, -0.2) is 0 Å². The predicted octanol–water partition coefficient (Wildman–Crippen LogP) is 3.00. The molecule has 0 fully saturated rings. The molecule has 0 aliphatic rings. The first-order chi connectivity index (χ1) is 6.54. The second kappa shape index (κ2) is 4.27. The maximum Gasteiger partial charge on any atom is 0.310 e. The van der Waals surface area contributed by atoms with E-state index in [0.29, 0.717) is 5.92 Å². The van der Waals surface area contributed by atoms with E-state index in [9.17, 15) is 4.79 Å². The molecule has 0 saturated heterocycles. The van der Waals surface area contributed by atoms with Crippen molar-refractivity contribution in [2.45, 2.75) is 32.6 Å². The molecule has 1 N–H and O–H groups in total.